The van der Waals surface area contributed by atoms with E-state index in [4.69, 9.17) is 4.42 Å². The van der Waals surface area contributed by atoms with Gasteiger partial charge in [-0.3, -0.25) is 9.89 Å². The highest BCUT2D eigenvalue weighted by Crippen LogP contribution is 2.17. The number of nitrogens with one attached hydrogen (secondary N) is 2. The molecule has 0 radical (unpaired) electrons. The molecule has 3 rings (SSSR count). The van der Waals surface area contributed by atoms with Crippen LogP contribution >= 0.6 is 11.3 Å². The molecule has 0 aliphatic heterocycles. The van der Waals surface area contributed by atoms with Crippen molar-refractivity contribution in [2.45, 2.75) is 32.5 Å². The van der Waals surface area contributed by atoms with Crippen molar-refractivity contribution in [2.75, 3.05) is 20.6 Å². The van der Waals surface area contributed by atoms with Crippen molar-refractivity contribution >= 4 is 17.3 Å². The summed E-state index contributed by atoms with van der Waals surface area (Å²) in [5.41, 5.74) is 3.94. The van der Waals surface area contributed by atoms with Crippen molar-refractivity contribution in [3.8, 4) is 0 Å². The topological polar surface area (TPSA) is 52.8 Å². The van der Waals surface area contributed by atoms with E-state index in [1.54, 1.807) is 17.6 Å². The predicted octanol–water partition coefficient (Wildman–Crippen LogP) is 4.44. The maximum Gasteiger partial charge on any atom is 0.191 e. The standard InChI is InChI=1S/C23H30N4OS/c1-18(21-10-12-29-17-21)13-25-23(24-2)26-14-19-7-4-5-8-20(19)15-27(3)16-22-9-6-11-28-22/h4-12,17-18H,13-16H2,1-3H3,(H2,24,25,26). The van der Waals surface area contributed by atoms with Crippen LogP contribution < -0.4 is 10.6 Å². The molecule has 1 aromatic carbocycles. The van der Waals surface area contributed by atoms with Crippen molar-refractivity contribution in [2.24, 2.45) is 4.99 Å². The van der Waals surface area contributed by atoms with Gasteiger partial charge in [0.2, 0.25) is 0 Å². The first-order valence-corrected chi connectivity index (χ1v) is 10.8. The third kappa shape index (κ3) is 6.48. The number of rotatable bonds is 9. The van der Waals surface area contributed by atoms with Gasteiger partial charge in [-0.15, -0.1) is 0 Å². The molecule has 29 heavy (non-hydrogen) atoms. The Hall–Kier alpha value is -2.57. The lowest BCUT2D eigenvalue weighted by molar-refractivity contribution is 0.287. The fourth-order valence-electron chi connectivity index (χ4n) is 3.22. The zero-order valence-electron chi connectivity index (χ0n) is 17.4. The van der Waals surface area contributed by atoms with Gasteiger partial charge in [-0.25, -0.2) is 0 Å². The monoisotopic (exact) mass is 410 g/mol. The Labute approximate surface area is 177 Å². The molecule has 154 valence electrons. The Morgan fingerprint density at radius 2 is 1.93 bits per heavy atom. The molecular formula is C23H30N4OS. The van der Waals surface area contributed by atoms with E-state index in [1.807, 2.05) is 19.2 Å². The van der Waals surface area contributed by atoms with Gasteiger partial charge in [0.1, 0.15) is 5.76 Å². The number of thiophene rings is 1. The van der Waals surface area contributed by atoms with Crippen LogP contribution in [0.15, 0.2) is 68.9 Å². The molecule has 2 aromatic heterocycles. The summed E-state index contributed by atoms with van der Waals surface area (Å²) in [4.78, 5) is 6.63. The summed E-state index contributed by atoms with van der Waals surface area (Å²) in [6, 6.07) is 14.7. The van der Waals surface area contributed by atoms with Crippen LogP contribution in [0.4, 0.5) is 0 Å². The maximum absolute atomic E-state index is 5.46. The Morgan fingerprint density at radius 1 is 1.10 bits per heavy atom. The van der Waals surface area contributed by atoms with E-state index in [2.05, 4.69) is 75.6 Å². The second kappa shape index (κ2) is 10.8. The van der Waals surface area contributed by atoms with Gasteiger partial charge in [0.15, 0.2) is 5.96 Å². The van der Waals surface area contributed by atoms with Gasteiger partial charge in [0.25, 0.3) is 0 Å². The van der Waals surface area contributed by atoms with Crippen LogP contribution in [0.5, 0.6) is 0 Å². The highest BCUT2D eigenvalue weighted by molar-refractivity contribution is 7.07. The molecule has 0 amide bonds. The number of hydrogen-bond donors (Lipinski definition) is 2. The van der Waals surface area contributed by atoms with Crippen LogP contribution in [0.25, 0.3) is 0 Å². The molecule has 0 saturated carbocycles. The quantitative estimate of drug-likeness (QED) is 0.404. The molecule has 5 nitrogen and oxygen atoms in total. The molecule has 0 spiro atoms. The number of nitrogens with zero attached hydrogens (tertiary/aromatic N) is 2. The third-order valence-corrected chi connectivity index (χ3v) is 5.62. The van der Waals surface area contributed by atoms with Crippen molar-refractivity contribution in [3.63, 3.8) is 0 Å². The van der Waals surface area contributed by atoms with Gasteiger partial charge in [0, 0.05) is 26.7 Å². The molecule has 0 bridgehead atoms. The molecule has 1 unspecified atom stereocenters. The van der Waals surface area contributed by atoms with E-state index in [1.165, 1.54) is 16.7 Å². The van der Waals surface area contributed by atoms with Gasteiger partial charge in [-0.05, 0) is 58.6 Å². The summed E-state index contributed by atoms with van der Waals surface area (Å²) in [7, 11) is 3.92. The van der Waals surface area contributed by atoms with Crippen LogP contribution in [0.3, 0.4) is 0 Å². The summed E-state index contributed by atoms with van der Waals surface area (Å²) in [5, 5.41) is 11.2. The first kappa shape index (κ1) is 21.1. The fourth-order valence-corrected chi connectivity index (χ4v) is 4.00. The minimum Gasteiger partial charge on any atom is -0.468 e. The van der Waals surface area contributed by atoms with Gasteiger partial charge in [0.05, 0.1) is 12.8 Å². The van der Waals surface area contributed by atoms with E-state index in [-0.39, 0.29) is 0 Å². The van der Waals surface area contributed by atoms with E-state index in [0.717, 1.165) is 37.9 Å². The minimum atomic E-state index is 0.447. The lowest BCUT2D eigenvalue weighted by Gasteiger charge is -2.19. The SMILES string of the molecule is CN=C(NCc1ccccc1CN(C)Cc1ccco1)NCC(C)c1ccsc1. The van der Waals surface area contributed by atoms with Gasteiger partial charge in [-0.2, -0.15) is 11.3 Å². The summed E-state index contributed by atoms with van der Waals surface area (Å²) in [6.07, 6.45) is 1.72. The smallest absolute Gasteiger partial charge is 0.191 e. The van der Waals surface area contributed by atoms with Crippen molar-refractivity contribution in [3.05, 3.63) is 81.9 Å². The first-order valence-electron chi connectivity index (χ1n) is 9.90. The van der Waals surface area contributed by atoms with Crippen LogP contribution in [0.1, 0.15) is 35.3 Å². The van der Waals surface area contributed by atoms with Crippen LogP contribution in [-0.2, 0) is 19.6 Å². The number of benzene rings is 1. The van der Waals surface area contributed by atoms with Gasteiger partial charge >= 0.3 is 0 Å². The lowest BCUT2D eigenvalue weighted by Crippen LogP contribution is -2.38. The molecule has 0 fully saturated rings. The van der Waals surface area contributed by atoms with Gasteiger partial charge < -0.3 is 15.1 Å². The molecule has 0 aliphatic carbocycles. The molecule has 0 saturated heterocycles. The Morgan fingerprint density at radius 3 is 2.62 bits per heavy atom. The number of furan rings is 1. The Bertz CT molecular complexity index is 874. The summed E-state index contributed by atoms with van der Waals surface area (Å²) >= 11 is 1.74. The maximum atomic E-state index is 5.46. The minimum absolute atomic E-state index is 0.447. The van der Waals surface area contributed by atoms with E-state index in [0.29, 0.717) is 5.92 Å². The number of aliphatic imine (C=N–C) groups is 1. The molecule has 0 aliphatic rings. The van der Waals surface area contributed by atoms with Crippen molar-refractivity contribution in [1.29, 1.82) is 0 Å². The van der Waals surface area contributed by atoms with Gasteiger partial charge in [-0.1, -0.05) is 31.2 Å². The molecule has 6 heteroatoms. The normalized spacial score (nSPS) is 12.9. The summed E-state index contributed by atoms with van der Waals surface area (Å²) in [6.45, 7) is 5.46. The average Bonchev–Trinajstić information content (AvgIpc) is 3.43. The van der Waals surface area contributed by atoms with Crippen LogP contribution in [0.2, 0.25) is 0 Å². The summed E-state index contributed by atoms with van der Waals surface area (Å²) in [5.74, 6) is 2.25. The van der Waals surface area contributed by atoms with E-state index >= 15 is 0 Å². The highest BCUT2D eigenvalue weighted by atomic mass is 32.1. The van der Waals surface area contributed by atoms with Crippen molar-refractivity contribution in [1.82, 2.24) is 15.5 Å². The second-order valence-corrected chi connectivity index (χ2v) is 8.06. The number of guanidine groups is 1. The highest BCUT2D eigenvalue weighted by Gasteiger charge is 2.10. The lowest BCUT2D eigenvalue weighted by atomic mass is 10.1. The molecule has 1 atom stereocenters. The van der Waals surface area contributed by atoms with Crippen molar-refractivity contribution < 1.29 is 4.42 Å². The molecule has 2 N–H and O–H groups in total. The zero-order chi connectivity index (χ0) is 20.5. The van der Waals surface area contributed by atoms with E-state index in [9.17, 15) is 0 Å². The second-order valence-electron chi connectivity index (χ2n) is 7.28. The largest absolute Gasteiger partial charge is 0.468 e. The first-order chi connectivity index (χ1) is 14.2. The number of hydrogen-bond acceptors (Lipinski definition) is 4. The molecular weight excluding hydrogens is 380 g/mol. The predicted molar refractivity (Wildman–Crippen MR) is 121 cm³/mol. The fraction of sp³-hybridized carbons (Fsp3) is 0.348. The van der Waals surface area contributed by atoms with E-state index < -0.39 is 0 Å². The molecule has 2 heterocycles. The van der Waals surface area contributed by atoms with Crippen LogP contribution in [0, 0.1) is 0 Å². The third-order valence-electron chi connectivity index (χ3n) is 4.92. The zero-order valence-corrected chi connectivity index (χ0v) is 18.2. The summed E-state index contributed by atoms with van der Waals surface area (Å²) < 4.78 is 5.46. The van der Waals surface area contributed by atoms with Crippen LogP contribution in [-0.4, -0.2) is 31.5 Å². The average molecular weight is 411 g/mol. The molecule has 3 aromatic rings. The Balaban J connectivity index is 1.52. The Kier molecular flexibility index (Phi) is 7.90.